The monoisotopic (exact) mass is 341 g/mol. The predicted octanol–water partition coefficient (Wildman–Crippen LogP) is 2.61. The van der Waals surface area contributed by atoms with Crippen molar-refractivity contribution in [3.8, 4) is 5.88 Å². The third kappa shape index (κ3) is 3.38. The van der Waals surface area contributed by atoms with Gasteiger partial charge in [-0.05, 0) is 30.4 Å². The molecule has 0 aliphatic rings. The number of hydrogen-bond acceptors (Lipinski definition) is 3. The lowest BCUT2D eigenvalue weighted by atomic mass is 10.1. The van der Waals surface area contributed by atoms with E-state index in [4.69, 9.17) is 4.74 Å². The number of aromatic nitrogens is 3. The zero-order chi connectivity index (χ0) is 18.0. The fourth-order valence-electron chi connectivity index (χ4n) is 3.00. The second kappa shape index (κ2) is 7.01. The zero-order valence-electron chi connectivity index (χ0n) is 14.8. The molecule has 3 aromatic rings. The van der Waals surface area contributed by atoms with Crippen LogP contribution in [0.1, 0.15) is 32.2 Å². The topological polar surface area (TPSA) is 74.0 Å². The Hall–Kier alpha value is -2.76. The Labute approximate surface area is 146 Å². The number of benzene rings is 1. The molecule has 0 aliphatic heterocycles. The average molecular weight is 341 g/mol. The molecule has 0 aliphatic carbocycles. The quantitative estimate of drug-likeness (QED) is 0.553. The fraction of sp³-hybridized carbons (Fsp3) is 0.368. The van der Waals surface area contributed by atoms with Crippen molar-refractivity contribution in [3.05, 3.63) is 63.5 Å². The van der Waals surface area contributed by atoms with Crippen LogP contribution in [0.2, 0.25) is 0 Å². The highest BCUT2D eigenvalue weighted by Gasteiger charge is 2.24. The van der Waals surface area contributed by atoms with Crippen molar-refractivity contribution in [1.29, 1.82) is 0 Å². The van der Waals surface area contributed by atoms with Crippen molar-refractivity contribution < 1.29 is 9.47 Å². The molecule has 0 saturated heterocycles. The molecule has 132 valence electrons. The van der Waals surface area contributed by atoms with Gasteiger partial charge in [0.15, 0.2) is 5.69 Å². The summed E-state index contributed by atoms with van der Waals surface area (Å²) in [5.74, 6) is 0.380. The molecular formula is C19H23N3O3. The molecule has 0 saturated carbocycles. The van der Waals surface area contributed by atoms with Gasteiger partial charge in [0.05, 0.1) is 13.2 Å². The van der Waals surface area contributed by atoms with Crippen LogP contribution < -0.4 is 15.0 Å². The van der Waals surface area contributed by atoms with Crippen LogP contribution in [-0.4, -0.2) is 16.2 Å². The van der Waals surface area contributed by atoms with Gasteiger partial charge in [0.25, 0.3) is 5.69 Å². The minimum absolute atomic E-state index is 0.176. The largest absolute Gasteiger partial charge is 0.616 e. The molecule has 25 heavy (non-hydrogen) atoms. The number of nitrogens with zero attached hydrogens (tertiary/aromatic N) is 2. The van der Waals surface area contributed by atoms with Crippen molar-refractivity contribution in [2.24, 2.45) is 5.92 Å². The van der Waals surface area contributed by atoms with E-state index in [2.05, 4.69) is 4.98 Å². The van der Waals surface area contributed by atoms with Gasteiger partial charge in [-0.15, -0.1) is 4.73 Å². The molecule has 2 aromatic heterocycles. The molecule has 0 fully saturated rings. The van der Waals surface area contributed by atoms with Gasteiger partial charge in [-0.2, -0.15) is 0 Å². The van der Waals surface area contributed by atoms with Crippen LogP contribution in [0.15, 0.2) is 41.3 Å². The predicted molar refractivity (Wildman–Crippen MR) is 96.8 cm³/mol. The first-order valence-corrected chi connectivity index (χ1v) is 8.55. The smallest absolute Gasteiger partial charge is 0.401 e. The lowest BCUT2D eigenvalue weighted by molar-refractivity contribution is -0.623. The van der Waals surface area contributed by atoms with E-state index in [9.17, 15) is 10.0 Å². The van der Waals surface area contributed by atoms with Crippen LogP contribution in [0.4, 0.5) is 0 Å². The van der Waals surface area contributed by atoms with Crippen LogP contribution in [0.5, 0.6) is 5.88 Å². The highest BCUT2D eigenvalue weighted by molar-refractivity contribution is 5.80. The molecule has 0 unspecified atom stereocenters. The minimum atomic E-state index is -0.349. The number of rotatable bonds is 6. The van der Waals surface area contributed by atoms with Crippen molar-refractivity contribution in [2.75, 3.05) is 6.61 Å². The van der Waals surface area contributed by atoms with E-state index in [0.717, 1.165) is 10.9 Å². The third-order valence-electron chi connectivity index (χ3n) is 4.11. The van der Waals surface area contributed by atoms with Crippen LogP contribution >= 0.6 is 0 Å². The number of ether oxygens (including phenoxy) is 1. The Morgan fingerprint density at radius 3 is 2.76 bits per heavy atom. The van der Waals surface area contributed by atoms with E-state index in [1.54, 1.807) is 0 Å². The first-order chi connectivity index (χ1) is 12.0. The SMILES string of the molecule is CCOc1c(Cn2ccc3ccccc32)[nH]c(=O)c(CC(C)C)[n+]1[O-]. The fourth-order valence-corrected chi connectivity index (χ4v) is 3.00. The summed E-state index contributed by atoms with van der Waals surface area (Å²) in [5.41, 5.74) is 1.36. The number of nitrogens with one attached hydrogen (secondary N) is 1. The van der Waals surface area contributed by atoms with E-state index in [1.807, 2.05) is 61.9 Å². The normalized spacial score (nSPS) is 11.4. The molecule has 0 amide bonds. The molecule has 1 aromatic carbocycles. The van der Waals surface area contributed by atoms with Gasteiger partial charge in [-0.25, -0.2) is 0 Å². The van der Waals surface area contributed by atoms with E-state index in [0.29, 0.717) is 30.0 Å². The maximum Gasteiger partial charge on any atom is 0.401 e. The second-order valence-corrected chi connectivity index (χ2v) is 6.51. The highest BCUT2D eigenvalue weighted by atomic mass is 16.6. The lowest BCUT2D eigenvalue weighted by Crippen LogP contribution is -2.43. The lowest BCUT2D eigenvalue weighted by Gasteiger charge is -2.14. The maximum atomic E-state index is 12.7. The molecule has 3 rings (SSSR count). The van der Waals surface area contributed by atoms with Crippen LogP contribution in [0.25, 0.3) is 10.9 Å². The summed E-state index contributed by atoms with van der Waals surface area (Å²) in [7, 11) is 0. The minimum Gasteiger partial charge on any atom is -0.616 e. The number of hydrogen-bond donors (Lipinski definition) is 1. The van der Waals surface area contributed by atoms with Crippen molar-refractivity contribution >= 4 is 10.9 Å². The third-order valence-corrected chi connectivity index (χ3v) is 4.11. The molecule has 1 N–H and O–H groups in total. The average Bonchev–Trinajstić information content (AvgIpc) is 2.98. The van der Waals surface area contributed by atoms with Crippen LogP contribution in [0, 0.1) is 11.1 Å². The van der Waals surface area contributed by atoms with Gasteiger partial charge < -0.3 is 19.5 Å². The summed E-state index contributed by atoms with van der Waals surface area (Å²) in [6.45, 7) is 6.48. The molecule has 0 bridgehead atoms. The molecule has 6 heteroatoms. The second-order valence-electron chi connectivity index (χ2n) is 6.51. The van der Waals surface area contributed by atoms with E-state index < -0.39 is 0 Å². The molecule has 2 heterocycles. The van der Waals surface area contributed by atoms with Gasteiger partial charge in [0, 0.05) is 18.1 Å². The summed E-state index contributed by atoms with van der Waals surface area (Å²) in [6.07, 6.45) is 2.35. The van der Waals surface area contributed by atoms with E-state index in [1.165, 1.54) is 0 Å². The standard InChI is InChI=1S/C19H23N3O3/c1-4-25-19-15(20-18(23)17(22(19)24)11-13(2)3)12-21-10-9-14-7-5-6-8-16(14)21/h5-10,13H,4,11-12H2,1-3H3,(H,20,23). The Balaban J connectivity index is 2.07. The molecule has 6 nitrogen and oxygen atoms in total. The molecular weight excluding hydrogens is 318 g/mol. The van der Waals surface area contributed by atoms with E-state index in [-0.39, 0.29) is 23.1 Å². The molecule has 0 spiro atoms. The maximum absolute atomic E-state index is 12.7. The number of fused-ring (bicyclic) bond motifs is 1. The van der Waals surface area contributed by atoms with Crippen molar-refractivity contribution in [1.82, 2.24) is 9.55 Å². The highest BCUT2D eigenvalue weighted by Crippen LogP contribution is 2.19. The summed E-state index contributed by atoms with van der Waals surface area (Å²) in [4.78, 5) is 15.3. The van der Waals surface area contributed by atoms with Gasteiger partial charge in [0.1, 0.15) is 0 Å². The zero-order valence-corrected chi connectivity index (χ0v) is 14.8. The van der Waals surface area contributed by atoms with Crippen LogP contribution in [0.3, 0.4) is 0 Å². The Kier molecular flexibility index (Phi) is 4.79. The molecule has 0 atom stereocenters. The Morgan fingerprint density at radius 1 is 1.28 bits per heavy atom. The van der Waals surface area contributed by atoms with Gasteiger partial charge in [-0.3, -0.25) is 4.79 Å². The Morgan fingerprint density at radius 2 is 2.04 bits per heavy atom. The number of H-pyrrole nitrogens is 1. The van der Waals surface area contributed by atoms with Gasteiger partial charge in [-0.1, -0.05) is 32.0 Å². The molecule has 0 radical (unpaired) electrons. The first-order valence-electron chi connectivity index (χ1n) is 8.55. The van der Waals surface area contributed by atoms with Gasteiger partial charge in [0.2, 0.25) is 0 Å². The Bertz CT molecular complexity index is 941. The first kappa shape index (κ1) is 17.1. The number of para-hydroxylation sites is 1. The summed E-state index contributed by atoms with van der Waals surface area (Å²) in [5, 5.41) is 13.8. The summed E-state index contributed by atoms with van der Waals surface area (Å²) < 4.78 is 8.22. The summed E-state index contributed by atoms with van der Waals surface area (Å²) >= 11 is 0. The van der Waals surface area contributed by atoms with Crippen molar-refractivity contribution in [3.63, 3.8) is 0 Å². The summed E-state index contributed by atoms with van der Waals surface area (Å²) in [6, 6.07) is 9.98. The number of aromatic amines is 1. The van der Waals surface area contributed by atoms with Gasteiger partial charge >= 0.3 is 11.4 Å². The van der Waals surface area contributed by atoms with Crippen molar-refractivity contribution in [2.45, 2.75) is 33.7 Å². The van der Waals surface area contributed by atoms with Crippen LogP contribution in [-0.2, 0) is 13.0 Å². The van der Waals surface area contributed by atoms with E-state index >= 15 is 0 Å².